The van der Waals surface area contributed by atoms with Crippen molar-refractivity contribution < 1.29 is 18.0 Å². The molecule has 1 atom stereocenters. The molecular formula is C17H19NO4S. The smallest absolute Gasteiger partial charge is 0.242 e. The molecule has 0 saturated carbocycles. The summed E-state index contributed by atoms with van der Waals surface area (Å²) < 4.78 is 25.3. The highest BCUT2D eigenvalue weighted by Crippen LogP contribution is 2.30. The number of allylic oxidation sites excluding steroid dienone is 4. The summed E-state index contributed by atoms with van der Waals surface area (Å²) in [6, 6.07) is 6.23. The number of nitrogens with zero attached hydrogens (tertiary/aromatic N) is 1. The number of carbonyl (C=O) groups is 2. The minimum absolute atomic E-state index is 0.143. The van der Waals surface area contributed by atoms with Gasteiger partial charge in [-0.05, 0) is 29.3 Å². The van der Waals surface area contributed by atoms with Crippen LogP contribution in [0.4, 0.5) is 0 Å². The van der Waals surface area contributed by atoms with Gasteiger partial charge in [0.25, 0.3) is 0 Å². The number of hydrogen-bond donors (Lipinski definition) is 0. The SMILES string of the molecule is CCC(=O)C1C(=O)C=CC=C1c1ccc(S(=O)(=O)N(C)C)cc1. The van der Waals surface area contributed by atoms with Gasteiger partial charge >= 0.3 is 0 Å². The van der Waals surface area contributed by atoms with Crippen LogP contribution in [0.25, 0.3) is 5.57 Å². The molecule has 0 heterocycles. The lowest BCUT2D eigenvalue weighted by Gasteiger charge is -2.19. The summed E-state index contributed by atoms with van der Waals surface area (Å²) in [5.74, 6) is -1.18. The molecule has 0 bridgehead atoms. The molecule has 0 radical (unpaired) electrons. The number of rotatable bonds is 5. The topological polar surface area (TPSA) is 71.5 Å². The van der Waals surface area contributed by atoms with E-state index in [0.717, 1.165) is 4.31 Å². The van der Waals surface area contributed by atoms with E-state index in [9.17, 15) is 18.0 Å². The Morgan fingerprint density at radius 3 is 2.30 bits per heavy atom. The number of ketones is 2. The molecule has 0 aromatic heterocycles. The van der Waals surface area contributed by atoms with Gasteiger partial charge in [0.1, 0.15) is 11.7 Å². The molecule has 1 aliphatic rings. The Kier molecular flexibility index (Phi) is 4.97. The lowest BCUT2D eigenvalue weighted by molar-refractivity contribution is -0.127. The van der Waals surface area contributed by atoms with Crippen LogP contribution in [0.3, 0.4) is 0 Å². The first-order valence-electron chi connectivity index (χ1n) is 7.26. The second-order valence-corrected chi connectivity index (χ2v) is 7.60. The van der Waals surface area contributed by atoms with Gasteiger partial charge in [-0.1, -0.05) is 31.2 Å². The largest absolute Gasteiger partial charge is 0.299 e. The maximum absolute atomic E-state index is 12.1. The Bertz CT molecular complexity index is 786. The van der Waals surface area contributed by atoms with Crippen molar-refractivity contribution in [2.75, 3.05) is 14.1 Å². The number of sulfonamides is 1. The fourth-order valence-electron chi connectivity index (χ4n) is 2.42. The van der Waals surface area contributed by atoms with E-state index in [0.29, 0.717) is 11.1 Å². The summed E-state index contributed by atoms with van der Waals surface area (Å²) in [7, 11) is -0.574. The minimum Gasteiger partial charge on any atom is -0.299 e. The van der Waals surface area contributed by atoms with Gasteiger partial charge in [0.15, 0.2) is 5.78 Å². The molecule has 6 heteroatoms. The van der Waals surface area contributed by atoms with Crippen molar-refractivity contribution in [2.24, 2.45) is 5.92 Å². The van der Waals surface area contributed by atoms with E-state index in [4.69, 9.17) is 0 Å². The highest BCUT2D eigenvalue weighted by atomic mass is 32.2. The monoisotopic (exact) mass is 333 g/mol. The summed E-state index contributed by atoms with van der Waals surface area (Å²) in [6.07, 6.45) is 5.01. The maximum Gasteiger partial charge on any atom is 0.242 e. The van der Waals surface area contributed by atoms with Crippen molar-refractivity contribution in [1.82, 2.24) is 4.31 Å². The molecule has 5 nitrogen and oxygen atoms in total. The van der Waals surface area contributed by atoms with Crippen molar-refractivity contribution in [3.8, 4) is 0 Å². The molecule has 1 unspecified atom stereocenters. The molecule has 23 heavy (non-hydrogen) atoms. The van der Waals surface area contributed by atoms with Crippen LogP contribution >= 0.6 is 0 Å². The Morgan fingerprint density at radius 2 is 1.78 bits per heavy atom. The Hall–Kier alpha value is -2.05. The van der Waals surface area contributed by atoms with E-state index in [1.807, 2.05) is 0 Å². The molecule has 0 aliphatic heterocycles. The first-order chi connectivity index (χ1) is 10.8. The van der Waals surface area contributed by atoms with Crippen LogP contribution in [0.2, 0.25) is 0 Å². The summed E-state index contributed by atoms with van der Waals surface area (Å²) in [5, 5.41) is 0. The third kappa shape index (κ3) is 3.33. The number of carbonyl (C=O) groups excluding carboxylic acids is 2. The van der Waals surface area contributed by atoms with Gasteiger partial charge in [-0.15, -0.1) is 0 Å². The molecule has 1 aromatic rings. The minimum atomic E-state index is -3.50. The zero-order chi connectivity index (χ0) is 17.2. The van der Waals surface area contributed by atoms with Crippen LogP contribution in [0.1, 0.15) is 18.9 Å². The Labute approximate surface area is 136 Å². The standard InChI is InChI=1S/C17H19NO4S/c1-4-15(19)17-14(6-5-7-16(17)20)12-8-10-13(11-9-12)23(21,22)18(2)3/h5-11,17H,4H2,1-3H3. The summed E-state index contributed by atoms with van der Waals surface area (Å²) in [6.45, 7) is 1.72. The molecule has 0 saturated heterocycles. The van der Waals surface area contributed by atoms with Crippen LogP contribution in [0.15, 0.2) is 47.4 Å². The van der Waals surface area contributed by atoms with Crippen LogP contribution in [-0.2, 0) is 19.6 Å². The van der Waals surface area contributed by atoms with Gasteiger partial charge < -0.3 is 0 Å². The normalized spacial score (nSPS) is 18.2. The molecule has 122 valence electrons. The highest BCUT2D eigenvalue weighted by Gasteiger charge is 2.30. The zero-order valence-electron chi connectivity index (χ0n) is 13.3. The van der Waals surface area contributed by atoms with E-state index in [2.05, 4.69) is 0 Å². The predicted octanol–water partition coefficient (Wildman–Crippen LogP) is 2.05. The van der Waals surface area contributed by atoms with E-state index < -0.39 is 15.9 Å². The second kappa shape index (κ2) is 6.60. The fourth-order valence-corrected chi connectivity index (χ4v) is 3.32. The maximum atomic E-state index is 12.1. The Balaban J connectivity index is 2.42. The molecule has 1 aromatic carbocycles. The van der Waals surface area contributed by atoms with Crippen molar-refractivity contribution in [1.29, 1.82) is 0 Å². The first kappa shape index (κ1) is 17.3. The number of Topliss-reactive ketones (excluding diaryl/α,β-unsaturated/α-hetero) is 1. The van der Waals surface area contributed by atoms with Gasteiger partial charge in [0.2, 0.25) is 10.0 Å². The van der Waals surface area contributed by atoms with E-state index >= 15 is 0 Å². The molecule has 0 spiro atoms. The van der Waals surface area contributed by atoms with E-state index in [1.165, 1.54) is 32.3 Å². The van der Waals surface area contributed by atoms with Crippen LogP contribution in [0.5, 0.6) is 0 Å². The van der Waals surface area contributed by atoms with Crippen LogP contribution in [-0.4, -0.2) is 38.4 Å². The number of benzene rings is 1. The molecule has 0 amide bonds. The van der Waals surface area contributed by atoms with Gasteiger partial charge in [-0.2, -0.15) is 0 Å². The summed E-state index contributed by atoms with van der Waals surface area (Å²) >= 11 is 0. The van der Waals surface area contributed by atoms with E-state index in [-0.39, 0.29) is 22.9 Å². The molecular weight excluding hydrogens is 314 g/mol. The van der Waals surface area contributed by atoms with Crippen LogP contribution < -0.4 is 0 Å². The van der Waals surface area contributed by atoms with Crippen molar-refractivity contribution >= 4 is 27.2 Å². The number of hydrogen-bond acceptors (Lipinski definition) is 4. The van der Waals surface area contributed by atoms with E-state index in [1.54, 1.807) is 31.2 Å². The van der Waals surface area contributed by atoms with Crippen molar-refractivity contribution in [3.63, 3.8) is 0 Å². The summed E-state index contributed by atoms with van der Waals surface area (Å²) in [5.41, 5.74) is 1.28. The third-order valence-corrected chi connectivity index (χ3v) is 5.60. The zero-order valence-corrected chi connectivity index (χ0v) is 14.1. The highest BCUT2D eigenvalue weighted by molar-refractivity contribution is 7.89. The Morgan fingerprint density at radius 1 is 1.17 bits per heavy atom. The third-order valence-electron chi connectivity index (χ3n) is 3.77. The molecule has 0 fully saturated rings. The lowest BCUT2D eigenvalue weighted by atomic mass is 9.82. The van der Waals surface area contributed by atoms with Gasteiger partial charge in [0, 0.05) is 20.5 Å². The molecule has 2 rings (SSSR count). The van der Waals surface area contributed by atoms with Gasteiger partial charge in [0.05, 0.1) is 4.90 Å². The van der Waals surface area contributed by atoms with Crippen molar-refractivity contribution in [3.05, 3.63) is 48.1 Å². The molecule has 0 N–H and O–H groups in total. The first-order valence-corrected chi connectivity index (χ1v) is 8.70. The van der Waals surface area contributed by atoms with Crippen LogP contribution in [0, 0.1) is 5.92 Å². The second-order valence-electron chi connectivity index (χ2n) is 5.45. The average Bonchev–Trinajstić information content (AvgIpc) is 2.54. The quantitative estimate of drug-likeness (QED) is 0.773. The molecule has 1 aliphatic carbocycles. The average molecular weight is 333 g/mol. The lowest BCUT2D eigenvalue weighted by Crippen LogP contribution is -2.25. The summed E-state index contributed by atoms with van der Waals surface area (Å²) in [4.78, 5) is 24.3. The predicted molar refractivity (Wildman–Crippen MR) is 88.2 cm³/mol. The van der Waals surface area contributed by atoms with Gasteiger partial charge in [-0.25, -0.2) is 12.7 Å². The van der Waals surface area contributed by atoms with Crippen molar-refractivity contribution in [2.45, 2.75) is 18.2 Å². The fraction of sp³-hybridized carbons (Fsp3) is 0.294. The van der Waals surface area contributed by atoms with Gasteiger partial charge in [-0.3, -0.25) is 9.59 Å².